The van der Waals surface area contributed by atoms with Gasteiger partial charge in [-0.1, -0.05) is 41.4 Å². The second kappa shape index (κ2) is 6.09. The number of hydrogen-bond donors (Lipinski definition) is 1. The molecule has 1 aromatic carbocycles. The molecule has 2 N–H and O–H groups in total. The molecule has 0 saturated heterocycles. The maximum Gasteiger partial charge on any atom is 0.573 e. The van der Waals surface area contributed by atoms with Crippen molar-refractivity contribution in [3.63, 3.8) is 0 Å². The molecule has 0 saturated carbocycles. The molecule has 1 unspecified atom stereocenters. The van der Waals surface area contributed by atoms with Gasteiger partial charge in [-0.05, 0) is 12.1 Å². The van der Waals surface area contributed by atoms with E-state index in [9.17, 15) is 13.2 Å². The van der Waals surface area contributed by atoms with Crippen molar-refractivity contribution in [3.05, 3.63) is 57.8 Å². The van der Waals surface area contributed by atoms with Crippen LogP contribution < -0.4 is 10.5 Å². The summed E-state index contributed by atoms with van der Waals surface area (Å²) in [7, 11) is 0. The molecule has 21 heavy (non-hydrogen) atoms. The van der Waals surface area contributed by atoms with Crippen LogP contribution in [0, 0.1) is 0 Å². The number of aromatic nitrogens is 1. The van der Waals surface area contributed by atoms with Crippen molar-refractivity contribution in [1.29, 1.82) is 0 Å². The molecule has 0 aliphatic carbocycles. The number of nitrogens with two attached hydrogens (primary N) is 1. The zero-order chi connectivity index (χ0) is 15.6. The van der Waals surface area contributed by atoms with Crippen LogP contribution in [0.25, 0.3) is 0 Å². The molecule has 1 heterocycles. The summed E-state index contributed by atoms with van der Waals surface area (Å²) in [6.07, 6.45) is -3.50. The number of nitrogens with zero attached hydrogens (tertiary/aromatic N) is 1. The van der Waals surface area contributed by atoms with Crippen LogP contribution >= 0.6 is 23.2 Å². The molecule has 0 aliphatic heterocycles. The summed E-state index contributed by atoms with van der Waals surface area (Å²) in [6.45, 7) is 0. The normalized spacial score (nSPS) is 13.0. The maximum atomic E-state index is 12.4. The molecule has 2 aromatic rings. The molecule has 1 aromatic heterocycles. The molecule has 0 amide bonds. The zero-order valence-electron chi connectivity index (χ0n) is 10.4. The SMILES string of the molecule is NC(c1ccccc1OC(F)(F)F)c1ncc(Cl)cc1Cl. The molecule has 0 spiro atoms. The lowest BCUT2D eigenvalue weighted by Gasteiger charge is -2.18. The van der Waals surface area contributed by atoms with Gasteiger partial charge in [0.25, 0.3) is 0 Å². The second-order valence-corrected chi connectivity index (χ2v) is 4.93. The van der Waals surface area contributed by atoms with Gasteiger partial charge < -0.3 is 10.5 Å². The number of hydrogen-bond acceptors (Lipinski definition) is 3. The number of ether oxygens (including phenoxy) is 1. The van der Waals surface area contributed by atoms with Gasteiger partial charge in [-0.25, -0.2) is 0 Å². The number of pyridine rings is 1. The lowest BCUT2D eigenvalue weighted by molar-refractivity contribution is -0.274. The van der Waals surface area contributed by atoms with Crippen LogP contribution in [0.1, 0.15) is 17.3 Å². The Kier molecular flexibility index (Phi) is 4.61. The fourth-order valence-corrected chi connectivity index (χ4v) is 2.25. The van der Waals surface area contributed by atoms with E-state index in [0.717, 1.165) is 0 Å². The Bertz CT molecular complexity index is 650. The van der Waals surface area contributed by atoms with Crippen molar-refractivity contribution in [2.45, 2.75) is 12.4 Å². The molecule has 8 heteroatoms. The van der Waals surface area contributed by atoms with Gasteiger partial charge in [0.2, 0.25) is 0 Å². The summed E-state index contributed by atoms with van der Waals surface area (Å²) < 4.78 is 41.2. The van der Waals surface area contributed by atoms with Crippen molar-refractivity contribution in [1.82, 2.24) is 4.98 Å². The molecular weight excluding hydrogens is 328 g/mol. The van der Waals surface area contributed by atoms with Gasteiger partial charge >= 0.3 is 6.36 Å². The van der Waals surface area contributed by atoms with Crippen molar-refractivity contribution in [3.8, 4) is 5.75 Å². The van der Waals surface area contributed by atoms with Gasteiger partial charge in [-0.3, -0.25) is 4.98 Å². The molecule has 2 rings (SSSR count). The first kappa shape index (κ1) is 15.9. The van der Waals surface area contributed by atoms with Crippen molar-refractivity contribution in [2.24, 2.45) is 5.73 Å². The summed E-state index contributed by atoms with van der Waals surface area (Å²) in [6, 6.07) is 5.98. The Balaban J connectivity index is 2.41. The monoisotopic (exact) mass is 336 g/mol. The van der Waals surface area contributed by atoms with Crippen LogP contribution in [0.15, 0.2) is 36.5 Å². The van der Waals surface area contributed by atoms with Crippen LogP contribution in [0.4, 0.5) is 13.2 Å². The average molecular weight is 337 g/mol. The van der Waals surface area contributed by atoms with Gasteiger partial charge in [0.05, 0.1) is 21.8 Å². The Morgan fingerprint density at radius 1 is 1.19 bits per heavy atom. The number of alkyl halides is 3. The summed E-state index contributed by atoms with van der Waals surface area (Å²) in [4.78, 5) is 3.97. The van der Waals surface area contributed by atoms with E-state index in [1.165, 1.54) is 30.5 Å². The standard InChI is InChI=1S/C13H9Cl2F3N2O/c14-7-5-9(15)12(20-6-7)11(19)8-3-1-2-4-10(8)21-13(16,17)18/h1-6,11H,19H2. The van der Waals surface area contributed by atoms with Gasteiger partial charge in [0, 0.05) is 11.8 Å². The molecule has 0 bridgehead atoms. The minimum Gasteiger partial charge on any atom is -0.405 e. The molecule has 0 fully saturated rings. The lowest BCUT2D eigenvalue weighted by atomic mass is 10.0. The molecule has 0 radical (unpaired) electrons. The fraction of sp³-hybridized carbons (Fsp3) is 0.154. The molecule has 0 aliphatic rings. The highest BCUT2D eigenvalue weighted by atomic mass is 35.5. The van der Waals surface area contributed by atoms with E-state index >= 15 is 0 Å². The summed E-state index contributed by atoms with van der Waals surface area (Å²) in [5.74, 6) is -0.398. The largest absolute Gasteiger partial charge is 0.573 e. The van der Waals surface area contributed by atoms with E-state index in [-0.39, 0.29) is 16.3 Å². The van der Waals surface area contributed by atoms with E-state index in [4.69, 9.17) is 28.9 Å². The third-order valence-corrected chi connectivity index (χ3v) is 3.12. The van der Waals surface area contributed by atoms with Crippen molar-refractivity contribution in [2.75, 3.05) is 0 Å². The number of benzene rings is 1. The van der Waals surface area contributed by atoms with Crippen LogP contribution in [-0.2, 0) is 0 Å². The van der Waals surface area contributed by atoms with Gasteiger partial charge in [0.15, 0.2) is 0 Å². The molecule has 1 atom stereocenters. The van der Waals surface area contributed by atoms with Crippen molar-refractivity contribution >= 4 is 23.2 Å². The predicted molar refractivity (Wildman–Crippen MR) is 73.4 cm³/mol. The van der Waals surface area contributed by atoms with E-state index in [2.05, 4.69) is 9.72 Å². The molecule has 112 valence electrons. The zero-order valence-corrected chi connectivity index (χ0v) is 11.9. The summed E-state index contributed by atoms with van der Waals surface area (Å²) in [5, 5.41) is 0.465. The minimum atomic E-state index is -4.81. The van der Waals surface area contributed by atoms with Gasteiger partial charge in [-0.2, -0.15) is 0 Å². The minimum absolute atomic E-state index is 0.117. The van der Waals surface area contributed by atoms with Crippen molar-refractivity contribution < 1.29 is 17.9 Å². The first-order valence-electron chi connectivity index (χ1n) is 5.69. The Morgan fingerprint density at radius 3 is 2.48 bits per heavy atom. The van der Waals surface area contributed by atoms with Crippen LogP contribution in [0.3, 0.4) is 0 Å². The second-order valence-electron chi connectivity index (χ2n) is 4.08. The number of rotatable bonds is 3. The highest BCUT2D eigenvalue weighted by molar-refractivity contribution is 6.34. The maximum absolute atomic E-state index is 12.4. The Labute approximate surface area is 128 Å². The Hall–Kier alpha value is -1.50. The average Bonchev–Trinajstić information content (AvgIpc) is 2.36. The van der Waals surface area contributed by atoms with Crippen LogP contribution in [-0.4, -0.2) is 11.3 Å². The van der Waals surface area contributed by atoms with Gasteiger partial charge in [-0.15, -0.1) is 13.2 Å². The van der Waals surface area contributed by atoms with Crippen LogP contribution in [0.2, 0.25) is 10.0 Å². The number of para-hydroxylation sites is 1. The quantitative estimate of drug-likeness (QED) is 0.907. The first-order valence-corrected chi connectivity index (χ1v) is 6.44. The predicted octanol–water partition coefficient (Wildman–Crippen LogP) is 4.34. The van der Waals surface area contributed by atoms with E-state index in [1.54, 1.807) is 6.07 Å². The molecule has 3 nitrogen and oxygen atoms in total. The number of halogens is 5. The van der Waals surface area contributed by atoms with E-state index in [1.807, 2.05) is 0 Å². The molecular formula is C13H9Cl2F3N2O. The lowest BCUT2D eigenvalue weighted by Crippen LogP contribution is -2.21. The first-order chi connectivity index (χ1) is 9.78. The smallest absolute Gasteiger partial charge is 0.405 e. The van der Waals surface area contributed by atoms with E-state index < -0.39 is 18.2 Å². The van der Waals surface area contributed by atoms with E-state index in [0.29, 0.717) is 5.02 Å². The highest BCUT2D eigenvalue weighted by Gasteiger charge is 2.33. The highest BCUT2D eigenvalue weighted by Crippen LogP contribution is 2.34. The summed E-state index contributed by atoms with van der Waals surface area (Å²) >= 11 is 11.7. The fourth-order valence-electron chi connectivity index (χ4n) is 1.76. The van der Waals surface area contributed by atoms with Gasteiger partial charge in [0.1, 0.15) is 5.75 Å². The third kappa shape index (κ3) is 4.00. The summed E-state index contributed by atoms with van der Waals surface area (Å²) in [5.41, 5.74) is 6.27. The topological polar surface area (TPSA) is 48.1 Å². The third-order valence-electron chi connectivity index (χ3n) is 2.61. The Morgan fingerprint density at radius 2 is 1.86 bits per heavy atom. The van der Waals surface area contributed by atoms with Crippen LogP contribution in [0.5, 0.6) is 5.75 Å².